The molecule has 1 saturated heterocycles. The van der Waals surface area contributed by atoms with Crippen molar-refractivity contribution >= 4 is 17.5 Å². The van der Waals surface area contributed by atoms with Crippen molar-refractivity contribution < 1.29 is 9.21 Å². The van der Waals surface area contributed by atoms with Gasteiger partial charge in [0.15, 0.2) is 5.22 Å². The number of carbonyl (C=O) groups excluding carboxylic acids is 1. The van der Waals surface area contributed by atoms with E-state index in [1.165, 1.54) is 25.7 Å². The first-order valence-corrected chi connectivity index (χ1v) is 8.22. The maximum absolute atomic E-state index is 12.2. The zero-order chi connectivity index (χ0) is 14.8. The van der Waals surface area contributed by atoms with Crippen molar-refractivity contribution in [2.24, 2.45) is 5.92 Å². The van der Waals surface area contributed by atoms with Gasteiger partial charge in [0.1, 0.15) is 5.76 Å². The molecule has 1 saturated carbocycles. The van der Waals surface area contributed by atoms with Gasteiger partial charge in [-0.05, 0) is 49.5 Å². The van der Waals surface area contributed by atoms with Gasteiger partial charge < -0.3 is 9.32 Å². The molecule has 3 rings (SSSR count). The number of halogens is 1. The summed E-state index contributed by atoms with van der Waals surface area (Å²) in [6.07, 6.45) is 5.63. The molecule has 21 heavy (non-hydrogen) atoms. The van der Waals surface area contributed by atoms with Crippen molar-refractivity contribution in [3.8, 4) is 0 Å². The number of carbonyl (C=O) groups is 1. The Balaban J connectivity index is 1.50. The van der Waals surface area contributed by atoms with Gasteiger partial charge in [-0.2, -0.15) is 0 Å². The molecule has 5 heteroatoms. The largest absolute Gasteiger partial charge is 0.448 e. The summed E-state index contributed by atoms with van der Waals surface area (Å²) in [5.41, 5.74) is 0. The molecular formula is C16H23ClN2O2. The lowest BCUT2D eigenvalue weighted by atomic mass is 10.1. The SMILES string of the molecule is CN(Cc1ccc(Cl)o1)C[C@H]1CC(=O)N(C2CCCC2)C1. The van der Waals surface area contributed by atoms with Crippen LogP contribution in [0.4, 0.5) is 0 Å². The topological polar surface area (TPSA) is 36.7 Å². The first-order chi connectivity index (χ1) is 10.1. The highest BCUT2D eigenvalue weighted by atomic mass is 35.5. The van der Waals surface area contributed by atoms with E-state index in [-0.39, 0.29) is 0 Å². The molecule has 1 atom stereocenters. The molecule has 4 nitrogen and oxygen atoms in total. The second kappa shape index (κ2) is 6.41. The highest BCUT2D eigenvalue weighted by Crippen LogP contribution is 2.29. The predicted octanol–water partition coefficient (Wildman–Crippen LogP) is 3.16. The van der Waals surface area contributed by atoms with Crippen molar-refractivity contribution in [3.05, 3.63) is 23.1 Å². The van der Waals surface area contributed by atoms with Crippen molar-refractivity contribution in [1.82, 2.24) is 9.80 Å². The Hall–Kier alpha value is -1.00. The van der Waals surface area contributed by atoms with E-state index in [0.29, 0.717) is 29.5 Å². The van der Waals surface area contributed by atoms with E-state index in [2.05, 4.69) is 16.8 Å². The fraction of sp³-hybridized carbons (Fsp3) is 0.688. The summed E-state index contributed by atoms with van der Waals surface area (Å²) in [4.78, 5) is 16.5. The average Bonchev–Trinajstić information content (AvgIpc) is 3.12. The van der Waals surface area contributed by atoms with Crippen LogP contribution in [0.1, 0.15) is 37.9 Å². The number of rotatable bonds is 5. The van der Waals surface area contributed by atoms with Gasteiger partial charge in [0.2, 0.25) is 5.91 Å². The van der Waals surface area contributed by atoms with Crippen LogP contribution in [0.25, 0.3) is 0 Å². The summed E-state index contributed by atoms with van der Waals surface area (Å²) < 4.78 is 5.39. The van der Waals surface area contributed by atoms with E-state index < -0.39 is 0 Å². The van der Waals surface area contributed by atoms with E-state index >= 15 is 0 Å². The average molecular weight is 311 g/mol. The third kappa shape index (κ3) is 3.61. The fourth-order valence-corrected chi connectivity index (χ4v) is 3.87. The van der Waals surface area contributed by atoms with E-state index in [4.69, 9.17) is 16.0 Å². The Morgan fingerprint density at radius 3 is 2.81 bits per heavy atom. The van der Waals surface area contributed by atoms with Crippen molar-refractivity contribution in [3.63, 3.8) is 0 Å². The Bertz CT molecular complexity index is 496. The first-order valence-electron chi connectivity index (χ1n) is 7.84. The smallest absolute Gasteiger partial charge is 0.223 e. The zero-order valence-electron chi connectivity index (χ0n) is 12.6. The molecule has 0 spiro atoms. The number of furan rings is 1. The first kappa shape index (κ1) is 14.9. The third-order valence-corrected chi connectivity index (χ3v) is 4.83. The number of nitrogens with zero attached hydrogens (tertiary/aromatic N) is 2. The van der Waals surface area contributed by atoms with Gasteiger partial charge in [-0.15, -0.1) is 0 Å². The van der Waals surface area contributed by atoms with Crippen LogP contribution >= 0.6 is 11.6 Å². The van der Waals surface area contributed by atoms with E-state index in [9.17, 15) is 4.79 Å². The molecular weight excluding hydrogens is 288 g/mol. The van der Waals surface area contributed by atoms with Crippen LogP contribution in [-0.2, 0) is 11.3 Å². The van der Waals surface area contributed by atoms with E-state index in [1.54, 1.807) is 6.07 Å². The molecule has 1 aliphatic carbocycles. The molecule has 1 aromatic heterocycles. The molecule has 116 valence electrons. The molecule has 0 N–H and O–H groups in total. The number of likely N-dealkylation sites (tertiary alicyclic amines) is 1. The molecule has 0 bridgehead atoms. The van der Waals surface area contributed by atoms with Gasteiger partial charge in [-0.25, -0.2) is 0 Å². The molecule has 2 heterocycles. The second-order valence-corrected chi connectivity index (χ2v) is 6.83. The molecule has 2 fully saturated rings. The molecule has 2 aliphatic rings. The van der Waals surface area contributed by atoms with Gasteiger partial charge in [0, 0.05) is 25.6 Å². The van der Waals surface area contributed by atoms with Crippen LogP contribution in [0.3, 0.4) is 0 Å². The maximum atomic E-state index is 12.2. The van der Waals surface area contributed by atoms with Crippen molar-refractivity contribution in [2.45, 2.75) is 44.7 Å². The number of hydrogen-bond donors (Lipinski definition) is 0. The van der Waals surface area contributed by atoms with Gasteiger partial charge in [-0.1, -0.05) is 12.8 Å². The zero-order valence-corrected chi connectivity index (χ0v) is 13.3. The minimum Gasteiger partial charge on any atom is -0.448 e. The highest BCUT2D eigenvalue weighted by Gasteiger charge is 2.35. The van der Waals surface area contributed by atoms with Crippen molar-refractivity contribution in [2.75, 3.05) is 20.1 Å². The number of hydrogen-bond acceptors (Lipinski definition) is 3. The van der Waals surface area contributed by atoms with Gasteiger partial charge >= 0.3 is 0 Å². The number of amides is 1. The molecule has 0 aromatic carbocycles. The molecule has 1 aliphatic heterocycles. The lowest BCUT2D eigenvalue weighted by Gasteiger charge is -2.25. The van der Waals surface area contributed by atoms with Crippen LogP contribution in [0.15, 0.2) is 16.5 Å². The summed E-state index contributed by atoms with van der Waals surface area (Å²) in [5.74, 6) is 1.66. The highest BCUT2D eigenvalue weighted by molar-refractivity contribution is 6.28. The van der Waals surface area contributed by atoms with Crippen molar-refractivity contribution in [1.29, 1.82) is 0 Å². The summed E-state index contributed by atoms with van der Waals surface area (Å²) >= 11 is 5.79. The normalized spacial score (nSPS) is 23.7. The van der Waals surface area contributed by atoms with E-state index in [0.717, 1.165) is 25.4 Å². The minimum atomic E-state index is 0.348. The molecule has 0 unspecified atom stereocenters. The van der Waals surface area contributed by atoms with Crippen LogP contribution in [-0.4, -0.2) is 41.9 Å². The minimum absolute atomic E-state index is 0.348. The van der Waals surface area contributed by atoms with Crippen LogP contribution in [0.2, 0.25) is 5.22 Å². The fourth-order valence-electron chi connectivity index (χ4n) is 3.71. The summed E-state index contributed by atoms with van der Waals surface area (Å²) in [6, 6.07) is 4.19. The molecule has 1 amide bonds. The summed E-state index contributed by atoms with van der Waals surface area (Å²) in [6.45, 7) is 2.58. The Labute approximate surface area is 131 Å². The van der Waals surface area contributed by atoms with Crippen LogP contribution < -0.4 is 0 Å². The van der Waals surface area contributed by atoms with Gasteiger partial charge in [0.25, 0.3) is 0 Å². The van der Waals surface area contributed by atoms with Gasteiger partial charge in [0.05, 0.1) is 6.54 Å². The predicted molar refractivity (Wildman–Crippen MR) is 82.1 cm³/mol. The Morgan fingerprint density at radius 1 is 1.38 bits per heavy atom. The molecule has 1 aromatic rings. The third-order valence-electron chi connectivity index (χ3n) is 4.63. The Morgan fingerprint density at radius 2 is 2.14 bits per heavy atom. The quantitative estimate of drug-likeness (QED) is 0.838. The monoisotopic (exact) mass is 310 g/mol. The van der Waals surface area contributed by atoms with Crippen LogP contribution in [0.5, 0.6) is 0 Å². The second-order valence-electron chi connectivity index (χ2n) is 6.46. The van der Waals surface area contributed by atoms with E-state index in [1.807, 2.05) is 6.07 Å². The van der Waals surface area contributed by atoms with Gasteiger partial charge in [-0.3, -0.25) is 9.69 Å². The lowest BCUT2D eigenvalue weighted by Crippen LogP contribution is -2.35. The van der Waals surface area contributed by atoms with Crippen LogP contribution in [0, 0.1) is 5.92 Å². The lowest BCUT2D eigenvalue weighted by molar-refractivity contribution is -0.129. The Kier molecular flexibility index (Phi) is 4.55. The molecule has 0 radical (unpaired) electrons. The summed E-state index contributed by atoms with van der Waals surface area (Å²) in [5, 5.41) is 0.432. The summed E-state index contributed by atoms with van der Waals surface area (Å²) in [7, 11) is 2.07. The standard InChI is InChI=1S/C16H23ClN2O2/c1-18(11-14-6-7-15(17)21-14)9-12-8-16(20)19(10-12)13-4-2-3-5-13/h6-7,12-13H,2-5,8-11H2,1H3/t12-/m1/s1. The maximum Gasteiger partial charge on any atom is 0.223 e.